The van der Waals surface area contributed by atoms with Gasteiger partial charge in [0.15, 0.2) is 0 Å². The van der Waals surface area contributed by atoms with E-state index in [1.807, 2.05) is 70.5 Å². The van der Waals surface area contributed by atoms with E-state index < -0.39 is 34.9 Å². The van der Waals surface area contributed by atoms with E-state index >= 15 is 0 Å². The lowest BCUT2D eigenvalue weighted by molar-refractivity contribution is -0.384. The molecule has 12 nitrogen and oxygen atoms in total. The van der Waals surface area contributed by atoms with Crippen LogP contribution in [-0.2, 0) is 19.1 Å². The smallest absolute Gasteiger partial charge is 0.328 e. The number of carbonyl (C=O) groups is 4. The van der Waals surface area contributed by atoms with Crippen LogP contribution in [0.1, 0.15) is 55.8 Å². The number of nitrogens with zero attached hydrogens (tertiary/aromatic N) is 1. The summed E-state index contributed by atoms with van der Waals surface area (Å²) in [5, 5.41) is 16.8. The number of nitrogens with one attached hydrogen (secondary N) is 2. The van der Waals surface area contributed by atoms with Crippen LogP contribution in [0.25, 0.3) is 22.3 Å². The highest BCUT2D eigenvalue weighted by atomic mass is 32.2. The first-order valence-electron chi connectivity index (χ1n) is 17.7. The predicted octanol–water partition coefficient (Wildman–Crippen LogP) is 7.48. The Morgan fingerprint density at radius 3 is 1.43 bits per heavy atom. The van der Waals surface area contributed by atoms with E-state index in [2.05, 4.69) is 16.7 Å². The summed E-state index contributed by atoms with van der Waals surface area (Å²) in [5.74, 6) is -0.357. The first-order chi connectivity index (χ1) is 26.6. The molecule has 4 rings (SSSR count). The zero-order valence-corrected chi connectivity index (χ0v) is 34.7. The Morgan fingerprint density at radius 1 is 0.661 bits per heavy atom. The zero-order chi connectivity index (χ0) is 41.5. The van der Waals surface area contributed by atoms with Gasteiger partial charge in [-0.1, -0.05) is 58.7 Å². The monoisotopic (exact) mass is 802 g/mol. The molecule has 0 aromatic heterocycles. The molecule has 0 aliphatic rings. The molecule has 4 aromatic rings. The lowest BCUT2D eigenvalue weighted by atomic mass is 9.95. The van der Waals surface area contributed by atoms with Crippen molar-refractivity contribution in [1.29, 1.82) is 0 Å². The van der Waals surface area contributed by atoms with Crippen molar-refractivity contribution >= 4 is 58.7 Å². The maximum absolute atomic E-state index is 13.0. The molecule has 0 saturated heterocycles. The van der Waals surface area contributed by atoms with Crippen LogP contribution in [0.3, 0.4) is 0 Å². The number of nitro groups is 1. The minimum Gasteiger partial charge on any atom is -0.467 e. The Bertz CT molecular complexity index is 2010. The second-order valence-corrected chi connectivity index (χ2v) is 15.2. The van der Waals surface area contributed by atoms with Crippen molar-refractivity contribution in [2.24, 2.45) is 0 Å². The van der Waals surface area contributed by atoms with Gasteiger partial charge in [0.05, 0.1) is 19.1 Å². The van der Waals surface area contributed by atoms with Crippen molar-refractivity contribution in [3.63, 3.8) is 0 Å². The SMILES string of the molecule is COC(=O)[C@H](CCSC)NC(=O)c1ccc(N)cc1-c1cc(C)cc(C)c1.COC(=O)[C@H](CCSC)NC(=O)c1ccc([N+](=O)[O-])cc1-c1cc(C)cc(C)c1. The molecule has 14 heteroatoms. The third-order valence-corrected chi connectivity index (χ3v) is 9.90. The molecule has 2 amide bonds. The molecule has 4 N–H and O–H groups in total. The van der Waals surface area contributed by atoms with Crippen LogP contribution in [0, 0.1) is 37.8 Å². The molecule has 2 atom stereocenters. The highest BCUT2D eigenvalue weighted by molar-refractivity contribution is 7.98. The minimum atomic E-state index is -0.790. The van der Waals surface area contributed by atoms with Crippen LogP contribution < -0.4 is 16.4 Å². The maximum atomic E-state index is 13.0. The lowest BCUT2D eigenvalue weighted by Crippen LogP contribution is -2.42. The number of ether oxygens (including phenoxy) is 2. The fourth-order valence-electron chi connectivity index (χ4n) is 6.07. The van der Waals surface area contributed by atoms with E-state index in [0.29, 0.717) is 41.0 Å². The Hall–Kier alpha value is -5.34. The number of hydrogen-bond acceptors (Lipinski definition) is 11. The summed E-state index contributed by atoms with van der Waals surface area (Å²) in [5.41, 5.74) is 14.1. The minimum absolute atomic E-state index is 0.109. The van der Waals surface area contributed by atoms with Crippen LogP contribution in [0.15, 0.2) is 72.8 Å². The first kappa shape index (κ1) is 45.1. The number of rotatable bonds is 15. The first-order valence-corrected chi connectivity index (χ1v) is 20.5. The fourth-order valence-corrected chi connectivity index (χ4v) is 7.01. The topological polar surface area (TPSA) is 180 Å². The molecule has 0 radical (unpaired) electrons. The number of nitrogens with two attached hydrogens (primary N) is 1. The number of esters is 2. The third kappa shape index (κ3) is 12.9. The molecule has 0 aliphatic heterocycles. The summed E-state index contributed by atoms with van der Waals surface area (Å²) in [7, 11) is 2.60. The molecule has 56 heavy (non-hydrogen) atoms. The average Bonchev–Trinajstić information content (AvgIpc) is 3.16. The number of benzene rings is 4. The van der Waals surface area contributed by atoms with Gasteiger partial charge in [-0.2, -0.15) is 23.5 Å². The van der Waals surface area contributed by atoms with Crippen molar-refractivity contribution < 1.29 is 33.6 Å². The summed E-state index contributed by atoms with van der Waals surface area (Å²) in [6.45, 7) is 7.86. The molecule has 0 saturated carbocycles. The van der Waals surface area contributed by atoms with Gasteiger partial charge in [-0.05, 0) is 106 Å². The van der Waals surface area contributed by atoms with Gasteiger partial charge in [0, 0.05) is 34.5 Å². The van der Waals surface area contributed by atoms with Crippen LogP contribution in [0.2, 0.25) is 0 Å². The number of hydrogen-bond donors (Lipinski definition) is 3. The molecular weight excluding hydrogens is 753 g/mol. The number of amides is 2. The van der Waals surface area contributed by atoms with E-state index in [1.54, 1.807) is 41.7 Å². The fraction of sp³-hybridized carbons (Fsp3) is 0.333. The number of thioether (sulfide) groups is 2. The van der Waals surface area contributed by atoms with Crippen molar-refractivity contribution in [1.82, 2.24) is 10.6 Å². The molecule has 0 spiro atoms. The van der Waals surface area contributed by atoms with Gasteiger partial charge in [-0.25, -0.2) is 9.59 Å². The Balaban J connectivity index is 0.000000301. The standard InChI is InChI=1S/C21H24N2O5S.C21H26N2O3S/c1-13-9-14(2)11-15(10-13)18-12-16(23(26)27)5-6-17(18)20(24)22-19(7-8-29-4)21(25)28-3;1-13-9-14(2)11-15(10-13)18-12-16(22)5-6-17(18)20(24)23-19(7-8-27-4)21(25)26-3/h5-6,9-12,19H,7-8H2,1-4H3,(H,22,24);5-6,9-12,19H,7-8,22H2,1-4H3,(H,23,24)/t2*19-/m00/s1. The number of nitrogen functional groups attached to an aromatic ring is 1. The van der Waals surface area contributed by atoms with Gasteiger partial charge in [0.2, 0.25) is 0 Å². The van der Waals surface area contributed by atoms with E-state index in [1.165, 1.54) is 32.4 Å². The van der Waals surface area contributed by atoms with Crippen molar-refractivity contribution in [2.75, 3.05) is 44.0 Å². The van der Waals surface area contributed by atoms with Gasteiger partial charge in [-0.3, -0.25) is 19.7 Å². The molecular formula is C42H50N4O8S2. The summed E-state index contributed by atoms with van der Waals surface area (Å²) in [6, 6.07) is 19.6. The molecule has 0 fully saturated rings. The number of aryl methyl sites for hydroxylation is 4. The van der Waals surface area contributed by atoms with Gasteiger partial charge in [0.1, 0.15) is 12.1 Å². The summed E-state index contributed by atoms with van der Waals surface area (Å²) >= 11 is 3.17. The number of nitro benzene ring substituents is 1. The Morgan fingerprint density at radius 2 is 1.05 bits per heavy atom. The molecule has 4 aromatic carbocycles. The third-order valence-electron chi connectivity index (χ3n) is 8.62. The highest BCUT2D eigenvalue weighted by Gasteiger charge is 2.26. The highest BCUT2D eigenvalue weighted by Crippen LogP contribution is 2.31. The molecule has 0 bridgehead atoms. The van der Waals surface area contributed by atoms with Gasteiger partial charge in [0.25, 0.3) is 17.5 Å². The summed E-state index contributed by atoms with van der Waals surface area (Å²) < 4.78 is 9.62. The number of anilines is 1. The predicted molar refractivity (Wildman–Crippen MR) is 226 cm³/mol. The van der Waals surface area contributed by atoms with Gasteiger partial charge < -0.3 is 25.8 Å². The maximum Gasteiger partial charge on any atom is 0.328 e. The second kappa shape index (κ2) is 21.7. The summed E-state index contributed by atoms with van der Waals surface area (Å²) in [4.78, 5) is 60.8. The number of carbonyl (C=O) groups excluding carboxylic acids is 4. The van der Waals surface area contributed by atoms with Crippen LogP contribution in [-0.4, -0.2) is 79.0 Å². The normalized spacial score (nSPS) is 11.6. The van der Waals surface area contributed by atoms with Crippen LogP contribution in [0.5, 0.6) is 0 Å². The lowest BCUT2D eigenvalue weighted by Gasteiger charge is -2.18. The van der Waals surface area contributed by atoms with E-state index in [9.17, 15) is 29.3 Å². The molecule has 0 heterocycles. The second-order valence-electron chi connectivity index (χ2n) is 13.2. The average molecular weight is 803 g/mol. The Labute approximate surface area is 336 Å². The van der Waals surface area contributed by atoms with E-state index in [-0.39, 0.29) is 17.2 Å². The zero-order valence-electron chi connectivity index (χ0n) is 33.0. The van der Waals surface area contributed by atoms with Crippen molar-refractivity contribution in [3.8, 4) is 22.3 Å². The molecule has 298 valence electrons. The van der Waals surface area contributed by atoms with Gasteiger partial charge in [-0.15, -0.1) is 0 Å². The van der Waals surface area contributed by atoms with Crippen LogP contribution in [0.4, 0.5) is 11.4 Å². The number of methoxy groups -OCH3 is 2. The number of non-ortho nitro benzene ring substituents is 1. The largest absolute Gasteiger partial charge is 0.467 e. The van der Waals surface area contributed by atoms with E-state index in [0.717, 1.165) is 39.1 Å². The Kier molecular flexibility index (Phi) is 17.4. The molecule has 0 aliphatic carbocycles. The van der Waals surface area contributed by atoms with Gasteiger partial charge >= 0.3 is 11.9 Å². The molecule has 0 unspecified atom stereocenters. The van der Waals surface area contributed by atoms with Crippen molar-refractivity contribution in [3.05, 3.63) is 116 Å². The quantitative estimate of drug-likeness (QED) is 0.0470. The van der Waals surface area contributed by atoms with E-state index in [4.69, 9.17) is 15.2 Å². The summed E-state index contributed by atoms with van der Waals surface area (Å²) in [6.07, 6.45) is 4.79. The van der Waals surface area contributed by atoms with Crippen molar-refractivity contribution in [2.45, 2.75) is 52.6 Å². The van der Waals surface area contributed by atoms with Crippen LogP contribution >= 0.6 is 23.5 Å².